The average Bonchev–Trinajstić information content (AvgIpc) is 3.03. The lowest BCUT2D eigenvalue weighted by Crippen LogP contribution is -2.07. The van der Waals surface area contributed by atoms with Crippen LogP contribution in [0.2, 0.25) is 0 Å². The zero-order chi connectivity index (χ0) is 16.1. The molecule has 1 aromatic heterocycles. The minimum Gasteiger partial charge on any atom is -0.459 e. The van der Waals surface area contributed by atoms with Crippen molar-refractivity contribution in [2.45, 2.75) is 13.0 Å². The molecule has 0 aliphatic heterocycles. The fourth-order valence-electron chi connectivity index (χ4n) is 2.14. The van der Waals surface area contributed by atoms with Gasteiger partial charge in [0.2, 0.25) is 0 Å². The summed E-state index contributed by atoms with van der Waals surface area (Å²) in [5, 5.41) is 3.79. The van der Waals surface area contributed by atoms with Gasteiger partial charge in [-0.3, -0.25) is 4.79 Å². The summed E-state index contributed by atoms with van der Waals surface area (Å²) in [5.41, 5.74) is 1.64. The Bertz CT molecular complexity index is 799. The minimum atomic E-state index is -0.392. The zero-order valence-electron chi connectivity index (χ0n) is 12.2. The highest BCUT2D eigenvalue weighted by atomic mass is 19.1. The number of hydrogen-bond acceptors (Lipinski definition) is 4. The van der Waals surface area contributed by atoms with Crippen LogP contribution in [-0.2, 0) is 22.6 Å². The molecule has 0 spiro atoms. The van der Waals surface area contributed by atoms with Gasteiger partial charge in [-0.2, -0.15) is 0 Å². The molecule has 0 saturated carbocycles. The van der Waals surface area contributed by atoms with E-state index >= 15 is 0 Å². The Kier molecular flexibility index (Phi) is 4.47. The maximum absolute atomic E-state index is 13.7. The molecule has 3 rings (SSSR count). The SMILES string of the molecule is O=C(Cc1ccccc1)OCc1cc(-c2ccccc2F)on1. The zero-order valence-corrected chi connectivity index (χ0v) is 12.2. The predicted octanol–water partition coefficient (Wildman–Crippen LogP) is 3.77. The van der Waals surface area contributed by atoms with E-state index in [9.17, 15) is 9.18 Å². The number of rotatable bonds is 5. The molecule has 0 bridgehead atoms. The molecule has 3 aromatic rings. The maximum Gasteiger partial charge on any atom is 0.310 e. The second-order valence-electron chi connectivity index (χ2n) is 4.99. The molecule has 0 N–H and O–H groups in total. The van der Waals surface area contributed by atoms with Crippen LogP contribution in [0.25, 0.3) is 11.3 Å². The number of esters is 1. The normalized spacial score (nSPS) is 10.5. The monoisotopic (exact) mass is 311 g/mol. The first-order valence-corrected chi connectivity index (χ1v) is 7.12. The summed E-state index contributed by atoms with van der Waals surface area (Å²) < 4.78 is 23.9. The molecule has 0 unspecified atom stereocenters. The van der Waals surface area contributed by atoms with Gasteiger partial charge in [0.25, 0.3) is 0 Å². The van der Waals surface area contributed by atoms with Gasteiger partial charge in [0.05, 0.1) is 12.0 Å². The van der Waals surface area contributed by atoms with E-state index in [2.05, 4.69) is 5.16 Å². The fourth-order valence-corrected chi connectivity index (χ4v) is 2.14. The summed E-state index contributed by atoms with van der Waals surface area (Å²) in [4.78, 5) is 11.8. The third kappa shape index (κ3) is 3.83. The van der Waals surface area contributed by atoms with Gasteiger partial charge in [-0.1, -0.05) is 47.6 Å². The molecule has 0 amide bonds. The van der Waals surface area contributed by atoms with E-state index in [1.807, 2.05) is 30.3 Å². The third-order valence-electron chi connectivity index (χ3n) is 3.27. The van der Waals surface area contributed by atoms with Crippen molar-refractivity contribution in [3.05, 3.63) is 77.7 Å². The molecular formula is C18H14FNO3. The third-order valence-corrected chi connectivity index (χ3v) is 3.27. The molecule has 5 heteroatoms. The summed E-state index contributed by atoms with van der Waals surface area (Å²) in [6, 6.07) is 17.1. The summed E-state index contributed by atoms with van der Waals surface area (Å²) in [5.74, 6) is -0.444. The van der Waals surface area contributed by atoms with Crippen LogP contribution in [0.1, 0.15) is 11.3 Å². The Labute approximate surface area is 132 Å². The fraction of sp³-hybridized carbons (Fsp3) is 0.111. The number of carbonyl (C=O) groups excluding carboxylic acids is 1. The Morgan fingerprint density at radius 2 is 1.83 bits per heavy atom. The highest BCUT2D eigenvalue weighted by Gasteiger charge is 2.12. The number of halogens is 1. The lowest BCUT2D eigenvalue weighted by molar-refractivity contribution is -0.144. The van der Waals surface area contributed by atoms with Crippen molar-refractivity contribution in [1.82, 2.24) is 5.16 Å². The standard InChI is InChI=1S/C18H14FNO3/c19-16-9-5-4-8-15(16)17-11-14(20-23-17)12-22-18(21)10-13-6-2-1-3-7-13/h1-9,11H,10,12H2. The molecule has 0 aliphatic carbocycles. The summed E-state index contributed by atoms with van der Waals surface area (Å²) >= 11 is 0. The summed E-state index contributed by atoms with van der Waals surface area (Å²) in [6.07, 6.45) is 0.193. The van der Waals surface area contributed by atoms with Crippen LogP contribution in [-0.4, -0.2) is 11.1 Å². The van der Waals surface area contributed by atoms with E-state index in [-0.39, 0.29) is 19.0 Å². The van der Waals surface area contributed by atoms with Crippen molar-refractivity contribution in [2.24, 2.45) is 0 Å². The Hall–Kier alpha value is -2.95. The van der Waals surface area contributed by atoms with E-state index < -0.39 is 5.82 Å². The number of aromatic nitrogens is 1. The maximum atomic E-state index is 13.7. The largest absolute Gasteiger partial charge is 0.459 e. The van der Waals surface area contributed by atoms with Crippen LogP contribution in [0.3, 0.4) is 0 Å². The van der Waals surface area contributed by atoms with Crippen LogP contribution in [0, 0.1) is 5.82 Å². The van der Waals surface area contributed by atoms with Gasteiger partial charge in [0, 0.05) is 6.07 Å². The molecule has 0 fully saturated rings. The highest BCUT2D eigenvalue weighted by Crippen LogP contribution is 2.23. The topological polar surface area (TPSA) is 52.3 Å². The van der Waals surface area contributed by atoms with Crippen molar-refractivity contribution < 1.29 is 18.4 Å². The minimum absolute atomic E-state index is 0.0103. The van der Waals surface area contributed by atoms with E-state index in [0.29, 0.717) is 17.0 Å². The lowest BCUT2D eigenvalue weighted by Gasteiger charge is -2.02. The molecule has 0 saturated heterocycles. The first-order chi connectivity index (χ1) is 11.2. The van der Waals surface area contributed by atoms with E-state index in [0.717, 1.165) is 5.56 Å². The molecule has 0 aliphatic rings. The van der Waals surface area contributed by atoms with Crippen molar-refractivity contribution >= 4 is 5.97 Å². The van der Waals surface area contributed by atoms with Crippen LogP contribution in [0.15, 0.2) is 65.2 Å². The molecule has 23 heavy (non-hydrogen) atoms. The molecule has 2 aromatic carbocycles. The van der Waals surface area contributed by atoms with Crippen LogP contribution < -0.4 is 0 Å². The number of hydrogen-bond donors (Lipinski definition) is 0. The second-order valence-corrected chi connectivity index (χ2v) is 4.99. The van der Waals surface area contributed by atoms with Crippen molar-refractivity contribution in [1.29, 1.82) is 0 Å². The van der Waals surface area contributed by atoms with Gasteiger partial charge in [0.1, 0.15) is 18.1 Å². The first kappa shape index (κ1) is 15.0. The van der Waals surface area contributed by atoms with E-state index in [1.54, 1.807) is 24.3 Å². The van der Waals surface area contributed by atoms with Crippen LogP contribution in [0.5, 0.6) is 0 Å². The smallest absolute Gasteiger partial charge is 0.310 e. The summed E-state index contributed by atoms with van der Waals surface area (Å²) in [6.45, 7) is -0.0103. The quantitative estimate of drug-likeness (QED) is 0.673. The number of benzene rings is 2. The van der Waals surface area contributed by atoms with Gasteiger partial charge in [0.15, 0.2) is 5.76 Å². The van der Waals surface area contributed by atoms with Crippen molar-refractivity contribution in [2.75, 3.05) is 0 Å². The second kappa shape index (κ2) is 6.87. The highest BCUT2D eigenvalue weighted by molar-refractivity contribution is 5.72. The van der Waals surface area contributed by atoms with Gasteiger partial charge in [-0.25, -0.2) is 4.39 Å². The van der Waals surface area contributed by atoms with Crippen LogP contribution >= 0.6 is 0 Å². The predicted molar refractivity (Wildman–Crippen MR) is 81.8 cm³/mol. The number of ether oxygens (including phenoxy) is 1. The van der Waals surface area contributed by atoms with Gasteiger partial charge >= 0.3 is 5.97 Å². The lowest BCUT2D eigenvalue weighted by atomic mass is 10.1. The molecule has 0 atom stereocenters. The van der Waals surface area contributed by atoms with Crippen LogP contribution in [0.4, 0.5) is 4.39 Å². The van der Waals surface area contributed by atoms with Crippen molar-refractivity contribution in [3.63, 3.8) is 0 Å². The average molecular weight is 311 g/mol. The van der Waals surface area contributed by atoms with Gasteiger partial charge < -0.3 is 9.26 Å². The number of carbonyl (C=O) groups is 1. The molecule has 116 valence electrons. The molecule has 0 radical (unpaired) electrons. The first-order valence-electron chi connectivity index (χ1n) is 7.12. The summed E-state index contributed by atoms with van der Waals surface area (Å²) in [7, 11) is 0. The van der Waals surface area contributed by atoms with E-state index in [1.165, 1.54) is 6.07 Å². The Morgan fingerprint density at radius 3 is 2.61 bits per heavy atom. The molecular weight excluding hydrogens is 297 g/mol. The Balaban J connectivity index is 1.59. The Morgan fingerprint density at radius 1 is 1.09 bits per heavy atom. The van der Waals surface area contributed by atoms with Crippen molar-refractivity contribution in [3.8, 4) is 11.3 Å². The molecule has 1 heterocycles. The van der Waals surface area contributed by atoms with Gasteiger partial charge in [-0.05, 0) is 17.7 Å². The van der Waals surface area contributed by atoms with Gasteiger partial charge in [-0.15, -0.1) is 0 Å². The number of nitrogens with zero attached hydrogens (tertiary/aromatic N) is 1. The van der Waals surface area contributed by atoms with E-state index in [4.69, 9.17) is 9.26 Å². The molecule has 4 nitrogen and oxygen atoms in total.